The molecule has 0 radical (unpaired) electrons. The van der Waals surface area contributed by atoms with Gasteiger partial charge >= 0.3 is 0 Å². The zero-order valence-electron chi connectivity index (χ0n) is 11.6. The van der Waals surface area contributed by atoms with Gasteiger partial charge in [0.1, 0.15) is 0 Å². The van der Waals surface area contributed by atoms with E-state index in [0.29, 0.717) is 0 Å². The summed E-state index contributed by atoms with van der Waals surface area (Å²) in [4.78, 5) is 0. The molecular formula is C15H25N. The van der Waals surface area contributed by atoms with Crippen LogP contribution in [0.25, 0.3) is 0 Å². The molecule has 1 aromatic carbocycles. The van der Waals surface area contributed by atoms with Crippen molar-refractivity contribution in [3.8, 4) is 0 Å². The Morgan fingerprint density at radius 2 is 1.44 bits per heavy atom. The van der Waals surface area contributed by atoms with Crippen LogP contribution in [0.1, 0.15) is 48.1 Å². The minimum atomic E-state index is -0.0729. The molecule has 0 amide bonds. The van der Waals surface area contributed by atoms with Crippen LogP contribution in [-0.4, -0.2) is 5.54 Å². The van der Waals surface area contributed by atoms with Crippen molar-refractivity contribution in [2.24, 2.45) is 5.73 Å². The number of benzene rings is 1. The van der Waals surface area contributed by atoms with E-state index in [9.17, 15) is 0 Å². The van der Waals surface area contributed by atoms with Gasteiger partial charge in [-0.2, -0.15) is 0 Å². The SMILES string of the molecule is Cc1cc(C)c(C)c(CCC(C)(C)N)c1C. The Hall–Kier alpha value is -0.820. The van der Waals surface area contributed by atoms with E-state index in [4.69, 9.17) is 5.73 Å². The van der Waals surface area contributed by atoms with E-state index < -0.39 is 0 Å². The molecule has 1 aromatic rings. The van der Waals surface area contributed by atoms with Crippen molar-refractivity contribution in [1.29, 1.82) is 0 Å². The van der Waals surface area contributed by atoms with Gasteiger partial charge in [0.25, 0.3) is 0 Å². The summed E-state index contributed by atoms with van der Waals surface area (Å²) < 4.78 is 0. The smallest absolute Gasteiger partial charge is 0.0100 e. The first-order chi connectivity index (χ1) is 7.22. The fraction of sp³-hybridized carbons (Fsp3) is 0.600. The summed E-state index contributed by atoms with van der Waals surface area (Å²) in [5.74, 6) is 0. The van der Waals surface area contributed by atoms with Crippen LogP contribution in [0.15, 0.2) is 6.07 Å². The highest BCUT2D eigenvalue weighted by atomic mass is 14.7. The molecule has 0 unspecified atom stereocenters. The van der Waals surface area contributed by atoms with Crippen LogP contribution in [0.3, 0.4) is 0 Å². The van der Waals surface area contributed by atoms with Gasteiger partial charge in [-0.25, -0.2) is 0 Å². The van der Waals surface area contributed by atoms with E-state index in [-0.39, 0.29) is 5.54 Å². The molecule has 0 aliphatic rings. The third-order valence-corrected chi connectivity index (χ3v) is 3.54. The number of rotatable bonds is 3. The van der Waals surface area contributed by atoms with Gasteiger partial charge in [0.15, 0.2) is 0 Å². The van der Waals surface area contributed by atoms with Gasteiger partial charge in [-0.3, -0.25) is 0 Å². The molecule has 0 saturated heterocycles. The molecule has 0 aliphatic heterocycles. The Labute approximate surface area is 100 Å². The van der Waals surface area contributed by atoms with Gasteiger partial charge in [-0.15, -0.1) is 0 Å². The van der Waals surface area contributed by atoms with Crippen LogP contribution in [-0.2, 0) is 6.42 Å². The molecule has 16 heavy (non-hydrogen) atoms. The lowest BCUT2D eigenvalue weighted by Crippen LogP contribution is -2.32. The Morgan fingerprint density at radius 1 is 1.00 bits per heavy atom. The van der Waals surface area contributed by atoms with Crippen LogP contribution in [0.4, 0.5) is 0 Å². The van der Waals surface area contributed by atoms with Crippen molar-refractivity contribution in [2.45, 2.75) is 59.9 Å². The normalized spacial score (nSPS) is 11.9. The van der Waals surface area contributed by atoms with E-state index >= 15 is 0 Å². The van der Waals surface area contributed by atoms with Crippen molar-refractivity contribution in [1.82, 2.24) is 0 Å². The number of nitrogens with two attached hydrogens (primary N) is 1. The predicted octanol–water partition coefficient (Wildman–Crippen LogP) is 3.59. The predicted molar refractivity (Wildman–Crippen MR) is 72.0 cm³/mol. The second-order valence-electron chi connectivity index (χ2n) is 5.73. The molecule has 1 heteroatoms. The maximum atomic E-state index is 6.06. The molecule has 90 valence electrons. The van der Waals surface area contributed by atoms with Crippen molar-refractivity contribution >= 4 is 0 Å². The van der Waals surface area contributed by atoms with Gasteiger partial charge < -0.3 is 5.73 Å². The Morgan fingerprint density at radius 3 is 1.81 bits per heavy atom. The van der Waals surface area contributed by atoms with Gasteiger partial charge in [0.05, 0.1) is 0 Å². The van der Waals surface area contributed by atoms with E-state index in [0.717, 1.165) is 12.8 Å². The summed E-state index contributed by atoms with van der Waals surface area (Å²) in [5.41, 5.74) is 13.2. The van der Waals surface area contributed by atoms with Gasteiger partial charge in [0, 0.05) is 5.54 Å². The number of aryl methyl sites for hydroxylation is 2. The van der Waals surface area contributed by atoms with E-state index in [1.807, 2.05) is 0 Å². The van der Waals surface area contributed by atoms with Crippen molar-refractivity contribution in [2.75, 3.05) is 0 Å². The molecule has 0 spiro atoms. The molecular weight excluding hydrogens is 194 g/mol. The molecule has 0 atom stereocenters. The second-order valence-corrected chi connectivity index (χ2v) is 5.73. The summed E-state index contributed by atoms with van der Waals surface area (Å²) in [6.45, 7) is 13.0. The first kappa shape index (κ1) is 13.2. The van der Waals surface area contributed by atoms with Crippen LogP contribution in [0, 0.1) is 27.7 Å². The van der Waals surface area contributed by atoms with Crippen LogP contribution in [0.2, 0.25) is 0 Å². The molecule has 0 bridgehead atoms. The lowest BCUT2D eigenvalue weighted by Gasteiger charge is -2.21. The lowest BCUT2D eigenvalue weighted by molar-refractivity contribution is 0.476. The largest absolute Gasteiger partial charge is 0.326 e. The molecule has 0 aromatic heterocycles. The number of hydrogen-bond donors (Lipinski definition) is 1. The monoisotopic (exact) mass is 219 g/mol. The maximum Gasteiger partial charge on any atom is 0.0100 e. The van der Waals surface area contributed by atoms with E-state index in [2.05, 4.69) is 47.6 Å². The van der Waals surface area contributed by atoms with Crippen LogP contribution in [0.5, 0.6) is 0 Å². The van der Waals surface area contributed by atoms with Crippen molar-refractivity contribution in [3.05, 3.63) is 33.9 Å². The third kappa shape index (κ3) is 3.08. The minimum absolute atomic E-state index is 0.0729. The molecule has 0 saturated carbocycles. The molecule has 0 fully saturated rings. The summed E-state index contributed by atoms with van der Waals surface area (Å²) in [6.07, 6.45) is 2.13. The van der Waals surface area contributed by atoms with E-state index in [1.165, 1.54) is 27.8 Å². The fourth-order valence-corrected chi connectivity index (χ4v) is 2.12. The lowest BCUT2D eigenvalue weighted by atomic mass is 9.88. The van der Waals surface area contributed by atoms with Gasteiger partial charge in [-0.05, 0) is 82.2 Å². The molecule has 0 aliphatic carbocycles. The minimum Gasteiger partial charge on any atom is -0.326 e. The zero-order chi connectivity index (χ0) is 12.5. The first-order valence-corrected chi connectivity index (χ1v) is 6.07. The second kappa shape index (κ2) is 4.58. The first-order valence-electron chi connectivity index (χ1n) is 6.07. The average Bonchev–Trinajstić information content (AvgIpc) is 2.13. The molecule has 2 N–H and O–H groups in total. The summed E-state index contributed by atoms with van der Waals surface area (Å²) in [7, 11) is 0. The Kier molecular flexibility index (Phi) is 3.80. The molecule has 0 heterocycles. The summed E-state index contributed by atoms with van der Waals surface area (Å²) >= 11 is 0. The summed E-state index contributed by atoms with van der Waals surface area (Å²) in [6, 6.07) is 2.28. The summed E-state index contributed by atoms with van der Waals surface area (Å²) in [5, 5.41) is 0. The van der Waals surface area contributed by atoms with Crippen molar-refractivity contribution < 1.29 is 0 Å². The highest BCUT2D eigenvalue weighted by Gasteiger charge is 2.14. The maximum absolute atomic E-state index is 6.06. The van der Waals surface area contributed by atoms with Crippen molar-refractivity contribution in [3.63, 3.8) is 0 Å². The Bertz CT molecular complexity index is 357. The van der Waals surface area contributed by atoms with Gasteiger partial charge in [-0.1, -0.05) is 6.07 Å². The van der Waals surface area contributed by atoms with Crippen LogP contribution >= 0.6 is 0 Å². The quantitative estimate of drug-likeness (QED) is 0.826. The molecule has 1 rings (SSSR count). The average molecular weight is 219 g/mol. The number of hydrogen-bond acceptors (Lipinski definition) is 1. The highest BCUT2D eigenvalue weighted by Crippen LogP contribution is 2.24. The van der Waals surface area contributed by atoms with E-state index in [1.54, 1.807) is 0 Å². The van der Waals surface area contributed by atoms with Crippen LogP contribution < -0.4 is 5.73 Å². The topological polar surface area (TPSA) is 26.0 Å². The van der Waals surface area contributed by atoms with Gasteiger partial charge in [0.2, 0.25) is 0 Å². The third-order valence-electron chi connectivity index (χ3n) is 3.54. The fourth-order valence-electron chi connectivity index (χ4n) is 2.12. The molecule has 1 nitrogen and oxygen atoms in total. The highest BCUT2D eigenvalue weighted by molar-refractivity contribution is 5.44. The Balaban J connectivity index is 3.04. The standard InChI is InChI=1S/C15H25N/c1-10-9-11(2)13(4)14(12(10)3)7-8-15(5,6)16/h9H,7-8,16H2,1-6H3. The zero-order valence-corrected chi connectivity index (χ0v) is 11.6.